The zero-order chi connectivity index (χ0) is 17.7. The van der Waals surface area contributed by atoms with Crippen molar-refractivity contribution in [2.24, 2.45) is 0 Å². The van der Waals surface area contributed by atoms with E-state index in [0.29, 0.717) is 6.54 Å². The minimum Gasteiger partial charge on any atom is -0.497 e. The van der Waals surface area contributed by atoms with E-state index in [2.05, 4.69) is 54.7 Å². The Labute approximate surface area is 146 Å². The van der Waals surface area contributed by atoms with Crippen LogP contribution in [0.3, 0.4) is 0 Å². The van der Waals surface area contributed by atoms with Crippen LogP contribution in [-0.2, 0) is 11.2 Å². The maximum absolute atomic E-state index is 11.2. The summed E-state index contributed by atoms with van der Waals surface area (Å²) in [7, 11) is 0.169. The molecule has 2 aromatic rings. The zero-order valence-electron chi connectivity index (χ0n) is 15.6. The number of aromatic nitrogens is 1. The first-order valence-corrected chi connectivity index (χ1v) is 11.5. The van der Waals surface area contributed by atoms with E-state index in [4.69, 9.17) is 4.74 Å². The second kappa shape index (κ2) is 7.88. The number of carbonyl (C=O) groups excluding carboxylic acids is 1. The van der Waals surface area contributed by atoms with Gasteiger partial charge in [0.25, 0.3) is 0 Å². The van der Waals surface area contributed by atoms with Crippen molar-refractivity contribution < 1.29 is 9.53 Å². The van der Waals surface area contributed by atoms with Crippen molar-refractivity contribution in [3.63, 3.8) is 0 Å². The van der Waals surface area contributed by atoms with Crippen LogP contribution < -0.4 is 10.1 Å². The molecule has 0 fully saturated rings. The maximum Gasteiger partial charge on any atom is 0.216 e. The molecule has 0 aliphatic carbocycles. The monoisotopic (exact) mass is 346 g/mol. The van der Waals surface area contributed by atoms with Gasteiger partial charge in [0.2, 0.25) is 5.91 Å². The molecule has 4 nitrogen and oxygen atoms in total. The van der Waals surface area contributed by atoms with Gasteiger partial charge in [-0.2, -0.15) is 0 Å². The predicted molar refractivity (Wildman–Crippen MR) is 103 cm³/mol. The van der Waals surface area contributed by atoms with E-state index in [-0.39, 0.29) is 5.91 Å². The Bertz CT molecular complexity index is 696. The smallest absolute Gasteiger partial charge is 0.216 e. The third kappa shape index (κ3) is 3.51. The van der Waals surface area contributed by atoms with Crippen LogP contribution in [0.1, 0.15) is 33.3 Å². The topological polar surface area (TPSA) is 43.3 Å². The lowest BCUT2D eigenvalue weighted by molar-refractivity contribution is -0.118. The molecule has 1 aromatic carbocycles. The largest absolute Gasteiger partial charge is 0.497 e. The van der Waals surface area contributed by atoms with Crippen LogP contribution >= 0.6 is 0 Å². The predicted octanol–water partition coefficient (Wildman–Crippen LogP) is 4.18. The van der Waals surface area contributed by atoms with Crippen molar-refractivity contribution in [3.8, 4) is 5.75 Å². The average Bonchev–Trinajstić information content (AvgIpc) is 2.95. The number of methoxy groups -OCH3 is 1. The molecule has 2 rings (SSSR count). The van der Waals surface area contributed by atoms with E-state index in [1.54, 1.807) is 14.0 Å². The fourth-order valence-corrected chi connectivity index (χ4v) is 7.29. The molecule has 132 valence electrons. The van der Waals surface area contributed by atoms with Gasteiger partial charge in [0.05, 0.1) is 7.11 Å². The zero-order valence-corrected chi connectivity index (χ0v) is 16.6. The summed E-state index contributed by atoms with van der Waals surface area (Å²) in [6.45, 7) is 9.21. The summed E-state index contributed by atoms with van der Waals surface area (Å²) in [5, 5.41) is 4.17. The van der Waals surface area contributed by atoms with Crippen LogP contribution in [0.5, 0.6) is 5.75 Å². The number of nitrogens with zero attached hydrogens (tertiary/aromatic N) is 1. The number of ether oxygens (including phenoxy) is 1. The quantitative estimate of drug-likeness (QED) is 0.729. The number of hydrogen-bond donors (Lipinski definition) is 1. The Morgan fingerprint density at radius 2 is 1.88 bits per heavy atom. The van der Waals surface area contributed by atoms with Gasteiger partial charge in [-0.15, -0.1) is 0 Å². The second-order valence-corrected chi connectivity index (χ2v) is 11.5. The Morgan fingerprint density at radius 1 is 1.21 bits per heavy atom. The number of rotatable bonds is 8. The van der Waals surface area contributed by atoms with Gasteiger partial charge in [-0.3, -0.25) is 4.79 Å². The van der Waals surface area contributed by atoms with Crippen molar-refractivity contribution >= 4 is 25.0 Å². The Hall–Kier alpha value is -1.75. The number of nitrogens with one attached hydrogen (secondary N) is 1. The lowest BCUT2D eigenvalue weighted by Gasteiger charge is -2.31. The third-order valence-corrected chi connectivity index (χ3v) is 10.7. The van der Waals surface area contributed by atoms with E-state index in [1.807, 2.05) is 0 Å². The highest BCUT2D eigenvalue weighted by Gasteiger charge is 2.31. The SMILES string of the molecule is CC[Si](CC)(CC)n1cc(CCNC(C)=O)c2cc(OC)ccc21. The summed E-state index contributed by atoms with van der Waals surface area (Å²) in [5.74, 6) is 0.911. The Balaban J connectivity index is 2.54. The molecule has 0 aliphatic rings. The molecule has 0 atom stereocenters. The average molecular weight is 347 g/mol. The van der Waals surface area contributed by atoms with Gasteiger partial charge in [0, 0.05) is 24.4 Å². The van der Waals surface area contributed by atoms with Crippen LogP contribution in [0.2, 0.25) is 18.1 Å². The van der Waals surface area contributed by atoms with Crippen LogP contribution in [0.25, 0.3) is 10.9 Å². The van der Waals surface area contributed by atoms with E-state index in [9.17, 15) is 4.79 Å². The minimum atomic E-state index is -1.54. The summed E-state index contributed by atoms with van der Waals surface area (Å²) in [6, 6.07) is 10.1. The van der Waals surface area contributed by atoms with E-state index >= 15 is 0 Å². The van der Waals surface area contributed by atoms with Gasteiger partial charge < -0.3 is 14.3 Å². The summed E-state index contributed by atoms with van der Waals surface area (Å²) in [6.07, 6.45) is 3.19. The van der Waals surface area contributed by atoms with Gasteiger partial charge in [-0.25, -0.2) is 0 Å². The molecule has 0 aliphatic heterocycles. The molecule has 5 heteroatoms. The van der Waals surface area contributed by atoms with Crippen molar-refractivity contribution in [2.45, 2.75) is 52.2 Å². The molecule has 0 saturated carbocycles. The Kier molecular flexibility index (Phi) is 6.10. The van der Waals surface area contributed by atoms with Gasteiger partial charge >= 0.3 is 0 Å². The number of amides is 1. The van der Waals surface area contributed by atoms with Crippen LogP contribution in [0, 0.1) is 0 Å². The number of hydrogen-bond acceptors (Lipinski definition) is 2. The molecule has 0 saturated heterocycles. The molecule has 0 unspecified atom stereocenters. The van der Waals surface area contributed by atoms with Gasteiger partial charge in [-0.1, -0.05) is 20.8 Å². The molecular weight excluding hydrogens is 316 g/mol. The van der Waals surface area contributed by atoms with E-state index in [1.165, 1.54) is 34.6 Å². The summed E-state index contributed by atoms with van der Waals surface area (Å²) >= 11 is 0. The minimum absolute atomic E-state index is 0.0238. The second-order valence-electron chi connectivity index (χ2n) is 6.43. The standard InChI is InChI=1S/C19H30N2O2Si/c1-6-24(7-2,8-3)21-14-16(11-12-20-15(4)22)18-13-17(23-5)9-10-19(18)21/h9-10,13-14H,6-8,11-12H2,1-5H3,(H,20,22). The molecule has 1 aromatic heterocycles. The molecule has 1 amide bonds. The van der Waals surface area contributed by atoms with Crippen LogP contribution in [-0.4, -0.2) is 32.0 Å². The van der Waals surface area contributed by atoms with Crippen LogP contribution in [0.15, 0.2) is 24.4 Å². The lowest BCUT2D eigenvalue weighted by atomic mass is 10.1. The molecule has 0 bridgehead atoms. The van der Waals surface area contributed by atoms with Gasteiger partial charge in [0.15, 0.2) is 8.24 Å². The van der Waals surface area contributed by atoms with Crippen molar-refractivity contribution in [1.82, 2.24) is 9.55 Å². The van der Waals surface area contributed by atoms with Gasteiger partial charge in [-0.05, 0) is 54.5 Å². The van der Waals surface area contributed by atoms with E-state index in [0.717, 1.165) is 12.2 Å². The number of fused-ring (bicyclic) bond motifs is 1. The highest BCUT2D eigenvalue weighted by atomic mass is 28.3. The Morgan fingerprint density at radius 3 is 2.42 bits per heavy atom. The molecule has 24 heavy (non-hydrogen) atoms. The maximum atomic E-state index is 11.2. The van der Waals surface area contributed by atoms with Crippen molar-refractivity contribution in [1.29, 1.82) is 0 Å². The number of carbonyl (C=O) groups is 1. The number of benzene rings is 1. The summed E-state index contributed by atoms with van der Waals surface area (Å²) in [5.41, 5.74) is 2.61. The van der Waals surface area contributed by atoms with Gasteiger partial charge in [0.1, 0.15) is 5.75 Å². The molecule has 0 radical (unpaired) electrons. The summed E-state index contributed by atoms with van der Waals surface area (Å²) < 4.78 is 8.01. The first kappa shape index (κ1) is 18.6. The highest BCUT2D eigenvalue weighted by Crippen LogP contribution is 2.32. The third-order valence-electron chi connectivity index (χ3n) is 5.35. The molecule has 0 spiro atoms. The molecular formula is C19H30N2O2Si. The fraction of sp³-hybridized carbons (Fsp3) is 0.526. The van der Waals surface area contributed by atoms with E-state index < -0.39 is 8.24 Å². The van der Waals surface area contributed by atoms with Crippen molar-refractivity contribution in [3.05, 3.63) is 30.0 Å². The van der Waals surface area contributed by atoms with Crippen LogP contribution in [0.4, 0.5) is 0 Å². The highest BCUT2D eigenvalue weighted by molar-refractivity contribution is 6.78. The van der Waals surface area contributed by atoms with Crippen molar-refractivity contribution in [2.75, 3.05) is 13.7 Å². The molecule has 1 N–H and O–H groups in total. The lowest BCUT2D eigenvalue weighted by Crippen LogP contribution is -2.40. The summed E-state index contributed by atoms with van der Waals surface area (Å²) in [4.78, 5) is 11.2. The normalized spacial score (nSPS) is 11.7. The fourth-order valence-electron chi connectivity index (χ4n) is 3.63. The first-order valence-electron chi connectivity index (χ1n) is 8.94. The molecule has 1 heterocycles. The first-order chi connectivity index (χ1) is 11.5.